The lowest BCUT2D eigenvalue weighted by atomic mass is 10.1. The number of sulfone groups is 1. The molecule has 1 heterocycles. The maximum atomic E-state index is 12.2. The van der Waals surface area contributed by atoms with Crippen LogP contribution in [-0.2, 0) is 9.84 Å². The van der Waals surface area contributed by atoms with Crippen molar-refractivity contribution in [1.29, 1.82) is 0 Å². The van der Waals surface area contributed by atoms with E-state index in [0.29, 0.717) is 17.1 Å². The molecule has 106 valence electrons. The molecular formula is C14H21NO3S. The highest BCUT2D eigenvalue weighted by atomic mass is 32.2. The Bertz CT molecular complexity index is 507. The van der Waals surface area contributed by atoms with Gasteiger partial charge in [0.05, 0.1) is 5.75 Å². The number of nitrogens with one attached hydrogen (secondary N) is 1. The molecule has 2 rings (SSSR count). The van der Waals surface area contributed by atoms with Crippen LogP contribution >= 0.6 is 0 Å². The summed E-state index contributed by atoms with van der Waals surface area (Å²) in [4.78, 5) is 0.322. The molecule has 1 atom stereocenters. The molecule has 0 amide bonds. The first-order valence-corrected chi connectivity index (χ1v) is 8.48. The molecule has 1 aromatic rings. The molecule has 0 aromatic heterocycles. The van der Waals surface area contributed by atoms with Crippen molar-refractivity contribution in [3.8, 4) is 5.75 Å². The number of benzene rings is 1. The molecule has 0 aliphatic carbocycles. The predicted molar refractivity (Wildman–Crippen MR) is 75.3 cm³/mol. The summed E-state index contributed by atoms with van der Waals surface area (Å²) in [6.07, 6.45) is 2.71. The molecule has 19 heavy (non-hydrogen) atoms. The number of ether oxygens (including phenoxy) is 1. The second-order valence-electron chi connectivity index (χ2n) is 4.85. The fraction of sp³-hybridized carbons (Fsp3) is 0.571. The van der Waals surface area contributed by atoms with E-state index in [1.165, 1.54) is 0 Å². The number of piperidine rings is 1. The van der Waals surface area contributed by atoms with Crippen LogP contribution < -0.4 is 10.1 Å². The predicted octanol–water partition coefficient (Wildman–Crippen LogP) is 2.00. The van der Waals surface area contributed by atoms with Gasteiger partial charge in [-0.25, -0.2) is 8.42 Å². The fourth-order valence-corrected chi connectivity index (χ4v) is 3.75. The molecule has 1 fully saturated rings. The first-order valence-electron chi connectivity index (χ1n) is 6.82. The zero-order chi connectivity index (χ0) is 13.7. The molecule has 1 saturated heterocycles. The summed E-state index contributed by atoms with van der Waals surface area (Å²) >= 11 is 0. The minimum atomic E-state index is -3.24. The van der Waals surface area contributed by atoms with Gasteiger partial charge in [-0.3, -0.25) is 0 Å². The van der Waals surface area contributed by atoms with E-state index in [1.54, 1.807) is 18.2 Å². The van der Waals surface area contributed by atoms with Crippen molar-refractivity contribution in [2.45, 2.75) is 37.2 Å². The van der Waals surface area contributed by atoms with E-state index in [1.807, 2.05) is 13.0 Å². The van der Waals surface area contributed by atoms with Crippen molar-refractivity contribution >= 4 is 9.84 Å². The Kier molecular flexibility index (Phi) is 4.82. The molecule has 0 spiro atoms. The van der Waals surface area contributed by atoms with Gasteiger partial charge in [0.2, 0.25) is 0 Å². The largest absolute Gasteiger partial charge is 0.488 e. The lowest BCUT2D eigenvalue weighted by Gasteiger charge is -2.25. The summed E-state index contributed by atoms with van der Waals surface area (Å²) in [5, 5.41) is 3.26. The van der Waals surface area contributed by atoms with Crippen LogP contribution in [0.2, 0.25) is 0 Å². The third-order valence-corrected chi connectivity index (χ3v) is 5.16. The summed E-state index contributed by atoms with van der Waals surface area (Å²) in [7, 11) is -3.24. The Hall–Kier alpha value is -1.07. The van der Waals surface area contributed by atoms with Crippen molar-refractivity contribution in [2.75, 3.05) is 18.8 Å². The van der Waals surface area contributed by atoms with Gasteiger partial charge in [0.25, 0.3) is 0 Å². The number of hydrogen-bond donors (Lipinski definition) is 1. The Morgan fingerprint density at radius 2 is 2.16 bits per heavy atom. The minimum Gasteiger partial charge on any atom is -0.488 e. The average molecular weight is 283 g/mol. The lowest BCUT2D eigenvalue weighted by Crippen LogP contribution is -2.37. The molecule has 0 bridgehead atoms. The maximum Gasteiger partial charge on any atom is 0.182 e. The second-order valence-corrected chi connectivity index (χ2v) is 6.93. The van der Waals surface area contributed by atoms with Gasteiger partial charge in [-0.1, -0.05) is 19.1 Å². The quantitative estimate of drug-likeness (QED) is 0.898. The molecule has 1 aromatic carbocycles. The molecular weight excluding hydrogens is 262 g/mol. The second kappa shape index (κ2) is 6.39. The van der Waals surface area contributed by atoms with Gasteiger partial charge >= 0.3 is 0 Å². The number of hydrogen-bond acceptors (Lipinski definition) is 4. The SMILES string of the molecule is CCCS(=O)(=O)c1ccccc1OC1CCCNC1. The smallest absolute Gasteiger partial charge is 0.182 e. The zero-order valence-corrected chi connectivity index (χ0v) is 12.1. The summed E-state index contributed by atoms with van der Waals surface area (Å²) in [5.41, 5.74) is 0. The normalized spacial score (nSPS) is 20.2. The van der Waals surface area contributed by atoms with Crippen LogP contribution in [0.5, 0.6) is 5.75 Å². The monoisotopic (exact) mass is 283 g/mol. The third-order valence-electron chi connectivity index (χ3n) is 3.20. The first kappa shape index (κ1) is 14.3. The molecule has 0 radical (unpaired) electrons. The molecule has 1 unspecified atom stereocenters. The van der Waals surface area contributed by atoms with Crippen LogP contribution in [0.4, 0.5) is 0 Å². The topological polar surface area (TPSA) is 55.4 Å². The highest BCUT2D eigenvalue weighted by Gasteiger charge is 2.21. The van der Waals surface area contributed by atoms with Gasteiger partial charge in [-0.15, -0.1) is 0 Å². The lowest BCUT2D eigenvalue weighted by molar-refractivity contribution is 0.163. The fourth-order valence-electron chi connectivity index (χ4n) is 2.28. The van der Waals surface area contributed by atoms with Gasteiger partial charge < -0.3 is 10.1 Å². The van der Waals surface area contributed by atoms with E-state index in [0.717, 1.165) is 25.9 Å². The standard InChI is InChI=1S/C14H21NO3S/c1-2-10-19(16,17)14-8-4-3-7-13(14)18-12-6-5-9-15-11-12/h3-4,7-8,12,15H,2,5-6,9-11H2,1H3. The Morgan fingerprint density at radius 1 is 1.37 bits per heavy atom. The van der Waals surface area contributed by atoms with Crippen LogP contribution in [0, 0.1) is 0 Å². The van der Waals surface area contributed by atoms with Gasteiger partial charge in [-0.05, 0) is 37.9 Å². The molecule has 4 nitrogen and oxygen atoms in total. The highest BCUT2D eigenvalue weighted by Crippen LogP contribution is 2.26. The molecule has 5 heteroatoms. The highest BCUT2D eigenvalue weighted by molar-refractivity contribution is 7.91. The van der Waals surface area contributed by atoms with Gasteiger partial charge in [0, 0.05) is 6.54 Å². The van der Waals surface area contributed by atoms with Crippen LogP contribution in [0.15, 0.2) is 29.2 Å². The number of rotatable bonds is 5. The molecule has 1 aliphatic rings. The van der Waals surface area contributed by atoms with Crippen LogP contribution in [0.25, 0.3) is 0 Å². The Balaban J connectivity index is 2.20. The molecule has 1 N–H and O–H groups in total. The van der Waals surface area contributed by atoms with Crippen molar-refractivity contribution in [3.05, 3.63) is 24.3 Å². The van der Waals surface area contributed by atoms with E-state index in [4.69, 9.17) is 4.74 Å². The van der Waals surface area contributed by atoms with Gasteiger partial charge in [0.1, 0.15) is 16.7 Å². The van der Waals surface area contributed by atoms with Crippen molar-refractivity contribution in [3.63, 3.8) is 0 Å². The molecule has 0 saturated carbocycles. The van der Waals surface area contributed by atoms with Crippen molar-refractivity contribution in [1.82, 2.24) is 5.32 Å². The van der Waals surface area contributed by atoms with E-state index < -0.39 is 9.84 Å². The van der Waals surface area contributed by atoms with E-state index in [-0.39, 0.29) is 11.9 Å². The van der Waals surface area contributed by atoms with Gasteiger partial charge in [0.15, 0.2) is 9.84 Å². The van der Waals surface area contributed by atoms with Crippen LogP contribution in [-0.4, -0.2) is 33.4 Å². The summed E-state index contributed by atoms with van der Waals surface area (Å²) in [6.45, 7) is 3.66. The van der Waals surface area contributed by atoms with E-state index >= 15 is 0 Å². The summed E-state index contributed by atoms with van der Waals surface area (Å²) < 4.78 is 30.3. The van der Waals surface area contributed by atoms with E-state index in [9.17, 15) is 8.42 Å². The van der Waals surface area contributed by atoms with Crippen molar-refractivity contribution < 1.29 is 13.2 Å². The first-order chi connectivity index (χ1) is 9.13. The Labute approximate surface area is 115 Å². The average Bonchev–Trinajstić information content (AvgIpc) is 2.40. The van der Waals surface area contributed by atoms with Crippen molar-refractivity contribution in [2.24, 2.45) is 0 Å². The van der Waals surface area contributed by atoms with E-state index in [2.05, 4.69) is 5.32 Å². The van der Waals surface area contributed by atoms with Gasteiger partial charge in [-0.2, -0.15) is 0 Å². The summed E-state index contributed by atoms with van der Waals surface area (Å²) in [6, 6.07) is 6.94. The molecule has 1 aliphatic heterocycles. The third kappa shape index (κ3) is 3.70. The van der Waals surface area contributed by atoms with Crippen LogP contribution in [0.3, 0.4) is 0 Å². The number of para-hydroxylation sites is 1. The van der Waals surface area contributed by atoms with Crippen LogP contribution in [0.1, 0.15) is 26.2 Å². The zero-order valence-electron chi connectivity index (χ0n) is 11.3. The Morgan fingerprint density at radius 3 is 2.84 bits per heavy atom. The summed E-state index contributed by atoms with van der Waals surface area (Å²) in [5.74, 6) is 0.653. The minimum absolute atomic E-state index is 0.0618. The maximum absolute atomic E-state index is 12.2.